The van der Waals surface area contributed by atoms with E-state index in [1.165, 1.54) is 6.07 Å². The van der Waals surface area contributed by atoms with E-state index in [0.717, 1.165) is 20.9 Å². The predicted octanol–water partition coefficient (Wildman–Crippen LogP) is 6.35. The monoisotopic (exact) mass is 465 g/mol. The lowest BCUT2D eigenvalue weighted by atomic mass is 10.1. The van der Waals surface area contributed by atoms with Crippen molar-refractivity contribution < 1.29 is 9.18 Å². The first-order chi connectivity index (χ1) is 14.6. The Hall–Kier alpha value is -3.12. The summed E-state index contributed by atoms with van der Waals surface area (Å²) in [6.07, 6.45) is 2.63. The zero-order valence-electron chi connectivity index (χ0n) is 16.2. The molecule has 0 bridgehead atoms. The molecule has 0 spiro atoms. The molecule has 1 heterocycles. The van der Waals surface area contributed by atoms with Crippen LogP contribution in [0, 0.1) is 5.82 Å². The number of benzene rings is 3. The maximum Gasteiger partial charge on any atom is 0.322 e. The van der Waals surface area contributed by atoms with E-state index in [9.17, 15) is 9.18 Å². The molecule has 0 unspecified atom stereocenters. The highest BCUT2D eigenvalue weighted by molar-refractivity contribution is 9.10. The number of urea groups is 1. The van der Waals surface area contributed by atoms with Gasteiger partial charge in [0, 0.05) is 39.4 Å². The molecule has 0 aliphatic heterocycles. The number of H-pyrrole nitrogens is 1. The van der Waals surface area contributed by atoms with Crippen molar-refractivity contribution in [3.05, 3.63) is 100 Å². The molecule has 4 nitrogen and oxygen atoms in total. The minimum atomic E-state index is -0.314. The number of anilines is 1. The molecular formula is C24H21BrFN3O. The molecule has 0 fully saturated rings. The number of hydrogen-bond acceptors (Lipinski definition) is 1. The third-order valence-corrected chi connectivity index (χ3v) is 5.56. The van der Waals surface area contributed by atoms with Crippen LogP contribution in [0.3, 0.4) is 0 Å². The molecule has 4 aromatic rings. The van der Waals surface area contributed by atoms with Gasteiger partial charge in [-0.3, -0.25) is 0 Å². The van der Waals surface area contributed by atoms with Crippen LogP contribution in [0.4, 0.5) is 14.9 Å². The Kier molecular flexibility index (Phi) is 6.14. The highest BCUT2D eigenvalue weighted by Gasteiger charge is 2.17. The quantitative estimate of drug-likeness (QED) is 0.342. The molecule has 0 radical (unpaired) electrons. The van der Waals surface area contributed by atoms with Crippen LogP contribution in [-0.4, -0.2) is 22.5 Å². The molecule has 2 amide bonds. The fourth-order valence-corrected chi connectivity index (χ4v) is 3.68. The minimum absolute atomic E-state index is 0.192. The number of nitrogens with one attached hydrogen (secondary N) is 2. The molecule has 0 saturated carbocycles. The third-order valence-electron chi connectivity index (χ3n) is 5.03. The average Bonchev–Trinajstić information content (AvgIpc) is 3.17. The van der Waals surface area contributed by atoms with E-state index >= 15 is 0 Å². The van der Waals surface area contributed by atoms with E-state index in [4.69, 9.17) is 0 Å². The minimum Gasteiger partial charge on any atom is -0.361 e. The van der Waals surface area contributed by atoms with E-state index in [0.29, 0.717) is 24.2 Å². The first-order valence-electron chi connectivity index (χ1n) is 9.70. The zero-order valence-corrected chi connectivity index (χ0v) is 17.8. The van der Waals surface area contributed by atoms with Crippen molar-refractivity contribution in [2.24, 2.45) is 0 Å². The van der Waals surface area contributed by atoms with Crippen molar-refractivity contribution in [2.45, 2.75) is 13.0 Å². The number of hydrogen-bond donors (Lipinski definition) is 2. The second-order valence-electron chi connectivity index (χ2n) is 7.06. The average molecular weight is 466 g/mol. The normalized spacial score (nSPS) is 10.9. The van der Waals surface area contributed by atoms with Gasteiger partial charge in [0.15, 0.2) is 0 Å². The molecule has 0 aliphatic rings. The predicted molar refractivity (Wildman–Crippen MR) is 122 cm³/mol. The molecule has 3 aromatic carbocycles. The largest absolute Gasteiger partial charge is 0.361 e. The second-order valence-corrected chi connectivity index (χ2v) is 7.98. The molecule has 0 aliphatic carbocycles. The van der Waals surface area contributed by atoms with Crippen molar-refractivity contribution >= 4 is 38.6 Å². The van der Waals surface area contributed by atoms with Gasteiger partial charge in [-0.05, 0) is 48.4 Å². The van der Waals surface area contributed by atoms with Crippen LogP contribution in [-0.2, 0) is 13.0 Å². The Morgan fingerprint density at radius 1 is 0.967 bits per heavy atom. The summed E-state index contributed by atoms with van der Waals surface area (Å²) in [5.74, 6) is -0.314. The Morgan fingerprint density at radius 2 is 1.70 bits per heavy atom. The summed E-state index contributed by atoms with van der Waals surface area (Å²) in [6.45, 7) is 0.649. The Bertz CT molecular complexity index is 1160. The summed E-state index contributed by atoms with van der Waals surface area (Å²) in [5, 5.41) is 4.05. The van der Waals surface area contributed by atoms with Gasteiger partial charge in [0.2, 0.25) is 0 Å². The number of fused-ring (bicyclic) bond motifs is 1. The van der Waals surface area contributed by atoms with E-state index in [2.05, 4.69) is 32.3 Å². The summed E-state index contributed by atoms with van der Waals surface area (Å²) in [4.78, 5) is 17.9. The lowest BCUT2D eigenvalue weighted by Gasteiger charge is -2.23. The van der Waals surface area contributed by atoms with Crippen molar-refractivity contribution in [2.75, 3.05) is 11.9 Å². The number of rotatable bonds is 6. The van der Waals surface area contributed by atoms with E-state index in [-0.39, 0.29) is 18.4 Å². The van der Waals surface area contributed by atoms with Crippen LogP contribution >= 0.6 is 15.9 Å². The van der Waals surface area contributed by atoms with Gasteiger partial charge in [-0.15, -0.1) is 0 Å². The fourth-order valence-electron chi connectivity index (χ4n) is 3.41. The van der Waals surface area contributed by atoms with E-state index in [1.54, 1.807) is 23.1 Å². The van der Waals surface area contributed by atoms with Gasteiger partial charge in [0.25, 0.3) is 0 Å². The van der Waals surface area contributed by atoms with Crippen molar-refractivity contribution in [1.82, 2.24) is 9.88 Å². The molecule has 6 heteroatoms. The Morgan fingerprint density at radius 3 is 2.50 bits per heavy atom. The summed E-state index contributed by atoms with van der Waals surface area (Å²) in [5.41, 5.74) is 3.37. The number of amides is 2. The number of para-hydroxylation sites is 1. The van der Waals surface area contributed by atoms with Gasteiger partial charge in [0.05, 0.1) is 6.54 Å². The summed E-state index contributed by atoms with van der Waals surface area (Å²) in [6, 6.07) is 21.7. The van der Waals surface area contributed by atoms with Crippen molar-refractivity contribution in [1.29, 1.82) is 0 Å². The molecular weight excluding hydrogens is 445 g/mol. The number of nitrogens with zero attached hydrogens (tertiary/aromatic N) is 1. The third kappa shape index (κ3) is 4.71. The Labute approximate surface area is 182 Å². The molecule has 152 valence electrons. The van der Waals surface area contributed by atoms with Gasteiger partial charge in [-0.2, -0.15) is 0 Å². The lowest BCUT2D eigenvalue weighted by molar-refractivity contribution is 0.209. The Balaban J connectivity index is 1.53. The number of aromatic amines is 1. The van der Waals surface area contributed by atoms with Crippen LogP contribution in [0.1, 0.15) is 11.1 Å². The van der Waals surface area contributed by atoms with Gasteiger partial charge < -0.3 is 15.2 Å². The van der Waals surface area contributed by atoms with Crippen LogP contribution in [0.15, 0.2) is 83.5 Å². The van der Waals surface area contributed by atoms with Gasteiger partial charge in [0.1, 0.15) is 5.82 Å². The van der Waals surface area contributed by atoms with E-state index < -0.39 is 0 Å². The van der Waals surface area contributed by atoms with Crippen LogP contribution < -0.4 is 5.32 Å². The zero-order chi connectivity index (χ0) is 20.9. The number of halogens is 2. The standard InChI is InChI=1S/C24H21BrFN3O/c25-19-9-11-20(12-10-19)28-24(30)29(16-18-5-1-3-7-22(18)26)14-13-17-15-27-23-8-4-2-6-21(17)23/h1-12,15,27H,13-14,16H2,(H,28,30). The molecule has 2 N–H and O–H groups in total. The van der Waals surface area contributed by atoms with Crippen LogP contribution in [0.25, 0.3) is 10.9 Å². The van der Waals surface area contributed by atoms with Crippen molar-refractivity contribution in [3.63, 3.8) is 0 Å². The first kappa shape index (κ1) is 20.2. The smallest absolute Gasteiger partial charge is 0.322 e. The molecule has 4 rings (SSSR count). The number of aromatic nitrogens is 1. The maximum atomic E-state index is 14.2. The maximum absolute atomic E-state index is 14.2. The highest BCUT2D eigenvalue weighted by Crippen LogP contribution is 2.20. The lowest BCUT2D eigenvalue weighted by Crippen LogP contribution is -2.36. The van der Waals surface area contributed by atoms with Gasteiger partial charge in [-0.1, -0.05) is 52.3 Å². The number of carbonyl (C=O) groups is 1. The SMILES string of the molecule is O=C(Nc1ccc(Br)cc1)N(CCc1c[nH]c2ccccc12)Cc1ccccc1F. The van der Waals surface area contributed by atoms with Gasteiger partial charge in [-0.25, -0.2) is 9.18 Å². The first-order valence-corrected chi connectivity index (χ1v) is 10.5. The topological polar surface area (TPSA) is 48.1 Å². The molecule has 0 atom stereocenters. The molecule has 0 saturated heterocycles. The summed E-state index contributed by atoms with van der Waals surface area (Å²) in [7, 11) is 0. The summed E-state index contributed by atoms with van der Waals surface area (Å²) < 4.78 is 15.2. The van der Waals surface area contributed by atoms with Gasteiger partial charge >= 0.3 is 6.03 Å². The second kappa shape index (κ2) is 9.13. The van der Waals surface area contributed by atoms with Crippen LogP contribution in [0.2, 0.25) is 0 Å². The van der Waals surface area contributed by atoms with Crippen molar-refractivity contribution in [3.8, 4) is 0 Å². The fraction of sp³-hybridized carbons (Fsp3) is 0.125. The molecule has 30 heavy (non-hydrogen) atoms. The summed E-state index contributed by atoms with van der Waals surface area (Å²) >= 11 is 3.39. The highest BCUT2D eigenvalue weighted by atomic mass is 79.9. The molecule has 1 aromatic heterocycles. The van der Waals surface area contributed by atoms with E-state index in [1.807, 2.05) is 48.7 Å². The van der Waals surface area contributed by atoms with Crippen LogP contribution in [0.5, 0.6) is 0 Å². The number of carbonyl (C=O) groups excluding carboxylic acids is 1.